The Morgan fingerprint density at radius 2 is 1.95 bits per heavy atom. The third-order valence-electron chi connectivity index (χ3n) is 3.78. The number of hydrogen-bond acceptors (Lipinski definition) is 2. The summed E-state index contributed by atoms with van der Waals surface area (Å²) in [5.41, 5.74) is 0.554. The quantitative estimate of drug-likeness (QED) is 0.876. The third-order valence-corrected chi connectivity index (χ3v) is 3.78. The number of carbonyl (C=O) groups excluding carboxylic acids is 2. The van der Waals surface area contributed by atoms with Crippen LogP contribution in [0.5, 0.6) is 0 Å². The molecule has 0 saturated heterocycles. The van der Waals surface area contributed by atoms with E-state index < -0.39 is 0 Å². The number of rotatable bonds is 6. The van der Waals surface area contributed by atoms with Gasteiger partial charge in [0.2, 0.25) is 11.8 Å². The molecule has 21 heavy (non-hydrogen) atoms. The average molecular weight is 292 g/mol. The van der Waals surface area contributed by atoms with Crippen LogP contribution in [0.15, 0.2) is 24.3 Å². The first-order chi connectivity index (χ1) is 10.0. The van der Waals surface area contributed by atoms with Crippen LogP contribution < -0.4 is 5.32 Å². The summed E-state index contributed by atoms with van der Waals surface area (Å²) in [5, 5.41) is 2.72. The van der Waals surface area contributed by atoms with Crippen molar-refractivity contribution >= 4 is 17.5 Å². The second-order valence-electron chi connectivity index (χ2n) is 5.56. The van der Waals surface area contributed by atoms with Crippen LogP contribution in [0.1, 0.15) is 26.2 Å². The summed E-state index contributed by atoms with van der Waals surface area (Å²) in [6, 6.07) is 5.62. The molecule has 1 N–H and O–H groups in total. The maximum Gasteiger partial charge on any atom is 0.228 e. The molecular formula is C16H21FN2O2. The van der Waals surface area contributed by atoms with Gasteiger partial charge in [0.1, 0.15) is 5.82 Å². The standard InChI is InChI=1S/C16H21FN2O2/c1-3-4-9-19(2)16(21)14-10-13(14)15(20)18-12-7-5-11(17)6-8-12/h5-8,13-14H,3-4,9-10H2,1-2H3,(H,18,20). The molecule has 2 rings (SSSR count). The maximum absolute atomic E-state index is 12.8. The van der Waals surface area contributed by atoms with Crippen LogP contribution in [0.3, 0.4) is 0 Å². The molecule has 1 aliphatic carbocycles. The minimum atomic E-state index is -0.343. The second-order valence-corrected chi connectivity index (χ2v) is 5.56. The van der Waals surface area contributed by atoms with Crippen LogP contribution in [0.4, 0.5) is 10.1 Å². The molecule has 0 aromatic heterocycles. The van der Waals surface area contributed by atoms with Gasteiger partial charge in [-0.3, -0.25) is 9.59 Å². The summed E-state index contributed by atoms with van der Waals surface area (Å²) in [6.07, 6.45) is 2.61. The zero-order valence-electron chi connectivity index (χ0n) is 12.4. The Bertz CT molecular complexity index is 516. The first kappa shape index (κ1) is 15.5. The molecule has 0 spiro atoms. The number of hydrogen-bond donors (Lipinski definition) is 1. The highest BCUT2D eigenvalue weighted by molar-refractivity contribution is 5.99. The molecule has 1 aliphatic rings. The molecule has 1 aromatic carbocycles. The van der Waals surface area contributed by atoms with Gasteiger partial charge in [0.25, 0.3) is 0 Å². The predicted molar refractivity (Wildman–Crippen MR) is 79.2 cm³/mol. The monoisotopic (exact) mass is 292 g/mol. The summed E-state index contributed by atoms with van der Waals surface area (Å²) in [5.74, 6) is -0.921. The second kappa shape index (κ2) is 6.70. The van der Waals surface area contributed by atoms with Gasteiger partial charge in [0.15, 0.2) is 0 Å². The third kappa shape index (κ3) is 4.03. The van der Waals surface area contributed by atoms with Crippen LogP contribution in [0.2, 0.25) is 0 Å². The SMILES string of the molecule is CCCCN(C)C(=O)C1CC1C(=O)Nc1ccc(F)cc1. The Balaban J connectivity index is 1.83. The van der Waals surface area contributed by atoms with Gasteiger partial charge >= 0.3 is 0 Å². The maximum atomic E-state index is 12.8. The summed E-state index contributed by atoms with van der Waals surface area (Å²) in [7, 11) is 1.78. The van der Waals surface area contributed by atoms with Crippen molar-refractivity contribution in [3.63, 3.8) is 0 Å². The van der Waals surface area contributed by atoms with E-state index in [1.807, 2.05) is 0 Å². The smallest absolute Gasteiger partial charge is 0.228 e. The summed E-state index contributed by atoms with van der Waals surface area (Å²) in [4.78, 5) is 25.9. The minimum absolute atomic E-state index is 0.0442. The van der Waals surface area contributed by atoms with Gasteiger partial charge in [-0.1, -0.05) is 13.3 Å². The van der Waals surface area contributed by atoms with Gasteiger partial charge in [-0.15, -0.1) is 0 Å². The summed E-state index contributed by atoms with van der Waals surface area (Å²) < 4.78 is 12.8. The fraction of sp³-hybridized carbons (Fsp3) is 0.500. The van der Waals surface area contributed by atoms with Gasteiger partial charge in [0.05, 0.1) is 11.8 Å². The lowest BCUT2D eigenvalue weighted by atomic mass is 10.2. The van der Waals surface area contributed by atoms with Crippen LogP contribution >= 0.6 is 0 Å². The Morgan fingerprint density at radius 3 is 2.57 bits per heavy atom. The largest absolute Gasteiger partial charge is 0.346 e. The lowest BCUT2D eigenvalue weighted by Gasteiger charge is -2.16. The van der Waals surface area contributed by atoms with E-state index in [9.17, 15) is 14.0 Å². The number of unbranched alkanes of at least 4 members (excludes halogenated alkanes) is 1. The van der Waals surface area contributed by atoms with E-state index in [1.54, 1.807) is 11.9 Å². The van der Waals surface area contributed by atoms with Crippen molar-refractivity contribution < 1.29 is 14.0 Å². The Labute approximate surface area is 124 Å². The molecular weight excluding hydrogens is 271 g/mol. The van der Waals surface area contributed by atoms with E-state index in [4.69, 9.17) is 0 Å². The van der Waals surface area contributed by atoms with Gasteiger partial charge in [-0.25, -0.2) is 4.39 Å². The fourth-order valence-corrected chi connectivity index (χ4v) is 2.31. The topological polar surface area (TPSA) is 49.4 Å². The summed E-state index contributed by atoms with van der Waals surface area (Å²) >= 11 is 0. The molecule has 0 bridgehead atoms. The molecule has 5 heteroatoms. The zero-order valence-corrected chi connectivity index (χ0v) is 12.4. The zero-order chi connectivity index (χ0) is 15.4. The number of benzene rings is 1. The lowest BCUT2D eigenvalue weighted by Crippen LogP contribution is -2.30. The number of anilines is 1. The minimum Gasteiger partial charge on any atom is -0.346 e. The predicted octanol–water partition coefficient (Wildman–Crippen LogP) is 2.66. The van der Waals surface area contributed by atoms with Gasteiger partial charge in [-0.2, -0.15) is 0 Å². The Hall–Kier alpha value is -1.91. The van der Waals surface area contributed by atoms with E-state index >= 15 is 0 Å². The summed E-state index contributed by atoms with van der Waals surface area (Å²) in [6.45, 7) is 2.81. The van der Waals surface area contributed by atoms with E-state index in [1.165, 1.54) is 24.3 Å². The van der Waals surface area contributed by atoms with E-state index in [0.29, 0.717) is 12.1 Å². The van der Waals surface area contributed by atoms with Crippen molar-refractivity contribution in [3.8, 4) is 0 Å². The first-order valence-electron chi connectivity index (χ1n) is 7.34. The average Bonchev–Trinajstić information content (AvgIpc) is 3.27. The number of nitrogens with zero attached hydrogens (tertiary/aromatic N) is 1. The molecule has 0 aliphatic heterocycles. The van der Waals surface area contributed by atoms with Crippen LogP contribution in [0, 0.1) is 17.7 Å². The first-order valence-corrected chi connectivity index (χ1v) is 7.34. The van der Waals surface area contributed by atoms with Gasteiger partial charge < -0.3 is 10.2 Å². The van der Waals surface area contributed by atoms with Crippen molar-refractivity contribution in [2.75, 3.05) is 18.9 Å². The molecule has 0 radical (unpaired) electrons. The van der Waals surface area contributed by atoms with E-state index in [-0.39, 0.29) is 29.5 Å². The van der Waals surface area contributed by atoms with Crippen molar-refractivity contribution in [2.24, 2.45) is 11.8 Å². The Kier molecular flexibility index (Phi) is 4.94. The molecule has 0 heterocycles. The number of amides is 2. The fourth-order valence-electron chi connectivity index (χ4n) is 2.31. The molecule has 114 valence electrons. The van der Waals surface area contributed by atoms with Crippen molar-refractivity contribution in [1.82, 2.24) is 4.90 Å². The van der Waals surface area contributed by atoms with Crippen molar-refractivity contribution in [2.45, 2.75) is 26.2 Å². The molecule has 1 saturated carbocycles. The Morgan fingerprint density at radius 1 is 1.29 bits per heavy atom. The number of nitrogens with one attached hydrogen (secondary N) is 1. The molecule has 4 nitrogen and oxygen atoms in total. The highest BCUT2D eigenvalue weighted by Crippen LogP contribution is 2.40. The molecule has 2 amide bonds. The van der Waals surface area contributed by atoms with Gasteiger partial charge in [-0.05, 0) is 37.1 Å². The normalized spacial score (nSPS) is 20.0. The highest BCUT2D eigenvalue weighted by Gasteiger charge is 2.48. The lowest BCUT2D eigenvalue weighted by molar-refractivity contribution is -0.132. The van der Waals surface area contributed by atoms with E-state index in [0.717, 1.165) is 19.4 Å². The number of carbonyl (C=O) groups is 2. The van der Waals surface area contributed by atoms with E-state index in [2.05, 4.69) is 12.2 Å². The van der Waals surface area contributed by atoms with Crippen LogP contribution in [-0.4, -0.2) is 30.3 Å². The molecule has 1 fully saturated rings. The molecule has 2 unspecified atom stereocenters. The van der Waals surface area contributed by atoms with Crippen molar-refractivity contribution in [1.29, 1.82) is 0 Å². The van der Waals surface area contributed by atoms with Gasteiger partial charge in [0, 0.05) is 19.3 Å². The van der Waals surface area contributed by atoms with Crippen molar-refractivity contribution in [3.05, 3.63) is 30.1 Å². The molecule has 1 aromatic rings. The van der Waals surface area contributed by atoms with Crippen LogP contribution in [0.25, 0.3) is 0 Å². The highest BCUT2D eigenvalue weighted by atomic mass is 19.1. The van der Waals surface area contributed by atoms with Crippen LogP contribution in [-0.2, 0) is 9.59 Å². The molecule has 2 atom stereocenters. The number of halogens is 1.